The predicted molar refractivity (Wildman–Crippen MR) is 77.5 cm³/mol. The van der Waals surface area contributed by atoms with Crippen LogP contribution in [0.15, 0.2) is 12.5 Å². The van der Waals surface area contributed by atoms with Crippen molar-refractivity contribution < 1.29 is 24.6 Å². The van der Waals surface area contributed by atoms with E-state index in [1.165, 1.54) is 4.90 Å². The second-order valence-corrected chi connectivity index (χ2v) is 6.32. The van der Waals surface area contributed by atoms with Crippen molar-refractivity contribution in [3.05, 3.63) is 18.2 Å². The van der Waals surface area contributed by atoms with E-state index in [4.69, 9.17) is 5.11 Å². The molecule has 0 aliphatic carbocycles. The zero-order chi connectivity index (χ0) is 16.6. The molecule has 1 unspecified atom stereocenters. The van der Waals surface area contributed by atoms with Crippen LogP contribution in [-0.4, -0.2) is 55.1 Å². The summed E-state index contributed by atoms with van der Waals surface area (Å²) in [5.41, 5.74) is 1.08. The third-order valence-corrected chi connectivity index (χ3v) is 4.73. The lowest BCUT2D eigenvalue weighted by Gasteiger charge is -2.29. The minimum absolute atomic E-state index is 0.107. The van der Waals surface area contributed by atoms with Crippen molar-refractivity contribution in [1.82, 2.24) is 14.5 Å². The summed E-state index contributed by atoms with van der Waals surface area (Å²) in [4.78, 5) is 40.5. The van der Waals surface area contributed by atoms with Crippen molar-refractivity contribution in [2.45, 2.75) is 38.3 Å². The van der Waals surface area contributed by atoms with Gasteiger partial charge >= 0.3 is 11.9 Å². The van der Waals surface area contributed by atoms with Gasteiger partial charge in [-0.15, -0.1) is 0 Å². The molecule has 0 bridgehead atoms. The number of hydrogen-bond donors (Lipinski definition) is 2. The largest absolute Gasteiger partial charge is 0.481 e. The number of hydrogen-bond acceptors (Lipinski definition) is 4. The first kappa shape index (κ1) is 15.5. The van der Waals surface area contributed by atoms with E-state index in [2.05, 4.69) is 4.98 Å². The highest BCUT2D eigenvalue weighted by molar-refractivity contribution is 5.86. The van der Waals surface area contributed by atoms with Crippen LogP contribution in [0.3, 0.4) is 0 Å². The van der Waals surface area contributed by atoms with Crippen LogP contribution in [0.25, 0.3) is 0 Å². The van der Waals surface area contributed by atoms with Gasteiger partial charge in [-0.1, -0.05) is 0 Å². The molecule has 2 aliphatic heterocycles. The van der Waals surface area contributed by atoms with Gasteiger partial charge in [-0.2, -0.15) is 0 Å². The van der Waals surface area contributed by atoms with Crippen LogP contribution >= 0.6 is 0 Å². The summed E-state index contributed by atoms with van der Waals surface area (Å²) in [7, 11) is 0. The quantitative estimate of drug-likeness (QED) is 0.820. The number of imidazole rings is 1. The molecule has 0 aromatic carbocycles. The molecule has 1 aromatic heterocycles. The number of carbonyl (C=O) groups excluding carboxylic acids is 1. The van der Waals surface area contributed by atoms with Crippen molar-refractivity contribution >= 4 is 17.8 Å². The number of aliphatic carboxylic acids is 2. The van der Waals surface area contributed by atoms with E-state index in [0.29, 0.717) is 13.0 Å². The maximum Gasteiger partial charge on any atom is 0.326 e. The molecule has 3 rings (SSSR count). The Bertz CT molecular complexity index is 641. The first-order chi connectivity index (χ1) is 11.0. The maximum atomic E-state index is 12.8. The van der Waals surface area contributed by atoms with Gasteiger partial charge < -0.3 is 19.7 Å². The summed E-state index contributed by atoms with van der Waals surface area (Å²) in [5.74, 6) is -2.80. The van der Waals surface area contributed by atoms with Gasteiger partial charge in [0.05, 0.1) is 12.2 Å². The van der Waals surface area contributed by atoms with Gasteiger partial charge in [0.1, 0.15) is 6.04 Å². The van der Waals surface area contributed by atoms with Gasteiger partial charge in [0.15, 0.2) is 0 Å². The van der Waals surface area contributed by atoms with E-state index in [-0.39, 0.29) is 37.1 Å². The fourth-order valence-corrected chi connectivity index (χ4v) is 3.60. The minimum Gasteiger partial charge on any atom is -0.481 e. The number of aromatic nitrogens is 2. The molecule has 1 amide bonds. The predicted octanol–water partition coefficient (Wildman–Crippen LogP) is 0.222. The second-order valence-electron chi connectivity index (χ2n) is 6.32. The van der Waals surface area contributed by atoms with Gasteiger partial charge in [0, 0.05) is 31.4 Å². The number of carbonyl (C=O) groups is 3. The summed E-state index contributed by atoms with van der Waals surface area (Å²) >= 11 is 0. The Hall–Kier alpha value is -2.38. The number of rotatable bonds is 4. The van der Waals surface area contributed by atoms with E-state index in [1.807, 2.05) is 4.57 Å². The zero-order valence-corrected chi connectivity index (χ0v) is 12.6. The Morgan fingerprint density at radius 3 is 2.74 bits per heavy atom. The zero-order valence-electron chi connectivity index (χ0n) is 12.6. The molecule has 3 heterocycles. The van der Waals surface area contributed by atoms with Gasteiger partial charge in [0.2, 0.25) is 5.91 Å². The molecule has 8 heteroatoms. The van der Waals surface area contributed by atoms with Crippen LogP contribution < -0.4 is 0 Å². The Labute approximate surface area is 132 Å². The van der Waals surface area contributed by atoms with Crippen LogP contribution in [-0.2, 0) is 27.3 Å². The van der Waals surface area contributed by atoms with E-state index >= 15 is 0 Å². The Morgan fingerprint density at radius 2 is 2.04 bits per heavy atom. The molecule has 124 valence electrons. The third-order valence-electron chi connectivity index (χ3n) is 4.73. The van der Waals surface area contributed by atoms with Crippen LogP contribution in [0.2, 0.25) is 0 Å². The SMILES string of the molecule is O=C(O)C[C@H]1C[C@@H](C(=O)O)N(C(=O)C2CCc3cncn3C2)C1. The number of likely N-dealkylation sites (tertiary alicyclic amines) is 1. The molecule has 8 nitrogen and oxygen atoms in total. The molecule has 0 saturated carbocycles. The molecular formula is C15H19N3O5. The van der Waals surface area contributed by atoms with Crippen molar-refractivity contribution in [3.8, 4) is 0 Å². The summed E-state index contributed by atoms with van der Waals surface area (Å²) in [6, 6.07) is -0.920. The number of nitrogens with zero attached hydrogens (tertiary/aromatic N) is 3. The average molecular weight is 321 g/mol. The molecule has 0 radical (unpaired) electrons. The van der Waals surface area contributed by atoms with E-state index < -0.39 is 18.0 Å². The molecule has 2 aliphatic rings. The van der Waals surface area contributed by atoms with Crippen LogP contribution in [0.4, 0.5) is 0 Å². The first-order valence-electron chi connectivity index (χ1n) is 7.69. The third kappa shape index (κ3) is 3.06. The van der Waals surface area contributed by atoms with Gasteiger partial charge in [-0.25, -0.2) is 9.78 Å². The average Bonchev–Trinajstić information content (AvgIpc) is 3.11. The molecule has 2 N–H and O–H groups in total. The van der Waals surface area contributed by atoms with Crippen LogP contribution in [0.1, 0.15) is 25.0 Å². The number of carboxylic acids is 2. The van der Waals surface area contributed by atoms with Crippen LogP contribution in [0.5, 0.6) is 0 Å². The fraction of sp³-hybridized carbons (Fsp3) is 0.600. The van der Waals surface area contributed by atoms with Gasteiger partial charge in [-0.05, 0) is 25.2 Å². The summed E-state index contributed by atoms with van der Waals surface area (Å²) in [6.07, 6.45) is 4.96. The Kier molecular flexibility index (Phi) is 4.06. The van der Waals surface area contributed by atoms with Crippen molar-refractivity contribution in [3.63, 3.8) is 0 Å². The smallest absolute Gasteiger partial charge is 0.326 e. The number of fused-ring (bicyclic) bond motifs is 1. The second kappa shape index (κ2) is 6.02. The van der Waals surface area contributed by atoms with E-state index in [9.17, 15) is 19.5 Å². The summed E-state index contributed by atoms with van der Waals surface area (Å²) in [6.45, 7) is 0.704. The maximum absolute atomic E-state index is 12.8. The molecule has 0 spiro atoms. The van der Waals surface area contributed by atoms with Gasteiger partial charge in [-0.3, -0.25) is 9.59 Å². The number of aryl methyl sites for hydroxylation is 1. The molecule has 3 atom stereocenters. The van der Waals surface area contributed by atoms with Crippen molar-refractivity contribution in [1.29, 1.82) is 0 Å². The molecular weight excluding hydrogens is 302 g/mol. The number of carboxylic acid groups (broad SMARTS) is 2. The fourth-order valence-electron chi connectivity index (χ4n) is 3.60. The Morgan fingerprint density at radius 1 is 1.26 bits per heavy atom. The first-order valence-corrected chi connectivity index (χ1v) is 7.69. The molecule has 23 heavy (non-hydrogen) atoms. The summed E-state index contributed by atoms with van der Waals surface area (Å²) in [5, 5.41) is 18.2. The minimum atomic E-state index is -1.06. The lowest BCUT2D eigenvalue weighted by atomic mass is 9.96. The highest BCUT2D eigenvalue weighted by Crippen LogP contribution is 2.30. The highest BCUT2D eigenvalue weighted by Gasteiger charge is 2.42. The van der Waals surface area contributed by atoms with Crippen LogP contribution in [0, 0.1) is 11.8 Å². The highest BCUT2D eigenvalue weighted by atomic mass is 16.4. The molecule has 1 fully saturated rings. The van der Waals surface area contributed by atoms with E-state index in [1.54, 1.807) is 12.5 Å². The monoisotopic (exact) mass is 321 g/mol. The standard InChI is InChI=1S/C15H19N3O5/c19-13(20)4-9-3-12(15(22)23)18(6-9)14(21)10-1-2-11-5-16-8-17(11)7-10/h5,8-10,12H,1-4,6-7H2,(H,19,20)(H,22,23)/t9-,10?,12+/m1/s1. The van der Waals surface area contributed by atoms with Crippen molar-refractivity contribution in [2.24, 2.45) is 11.8 Å². The molecule has 1 aromatic rings. The normalized spacial score (nSPS) is 26.8. The Balaban J connectivity index is 1.72. The van der Waals surface area contributed by atoms with Gasteiger partial charge in [0.25, 0.3) is 0 Å². The molecule has 1 saturated heterocycles. The lowest BCUT2D eigenvalue weighted by Crippen LogP contribution is -2.45. The van der Waals surface area contributed by atoms with E-state index in [0.717, 1.165) is 12.1 Å². The number of amides is 1. The van der Waals surface area contributed by atoms with Crippen molar-refractivity contribution in [2.75, 3.05) is 6.54 Å². The lowest BCUT2D eigenvalue weighted by molar-refractivity contribution is -0.150. The topological polar surface area (TPSA) is 113 Å². The summed E-state index contributed by atoms with van der Waals surface area (Å²) < 4.78 is 1.92.